The molecule has 0 unspecified atom stereocenters. The Labute approximate surface area is 107 Å². The zero-order valence-electron chi connectivity index (χ0n) is 10.1. The Morgan fingerprint density at radius 1 is 0.944 bits per heavy atom. The smallest absolute Gasteiger partial charge is 0.119 e. The summed E-state index contributed by atoms with van der Waals surface area (Å²) in [6.45, 7) is 0.455. The standard InChI is InChI=1S/C15H17NO2/c17-11-14(16-13-7-3-1-4-8-13)12-18-15-9-5-2-6-10-15/h1-10,14,16-17H,11-12H2/t14-/m1/s1. The van der Waals surface area contributed by atoms with Crippen LogP contribution in [0.2, 0.25) is 0 Å². The lowest BCUT2D eigenvalue weighted by Crippen LogP contribution is -2.30. The van der Waals surface area contributed by atoms with Crippen LogP contribution in [-0.2, 0) is 0 Å². The minimum Gasteiger partial charge on any atom is -0.491 e. The fraction of sp³-hybridized carbons (Fsp3) is 0.200. The van der Waals surface area contributed by atoms with Gasteiger partial charge in [0.25, 0.3) is 0 Å². The van der Waals surface area contributed by atoms with E-state index in [0.29, 0.717) is 6.61 Å². The molecule has 0 heterocycles. The van der Waals surface area contributed by atoms with E-state index < -0.39 is 0 Å². The van der Waals surface area contributed by atoms with Crippen molar-refractivity contribution in [2.24, 2.45) is 0 Å². The maximum Gasteiger partial charge on any atom is 0.119 e. The first-order valence-electron chi connectivity index (χ1n) is 5.99. The Morgan fingerprint density at radius 3 is 2.17 bits per heavy atom. The molecule has 1 atom stereocenters. The van der Waals surface area contributed by atoms with Crippen LogP contribution in [0.15, 0.2) is 60.7 Å². The molecule has 2 aromatic carbocycles. The number of benzene rings is 2. The molecule has 0 spiro atoms. The van der Waals surface area contributed by atoms with Crippen LogP contribution in [0.4, 0.5) is 5.69 Å². The fourth-order valence-corrected chi connectivity index (χ4v) is 1.62. The average molecular weight is 243 g/mol. The number of nitrogens with one attached hydrogen (secondary N) is 1. The van der Waals surface area contributed by atoms with Crippen molar-refractivity contribution in [3.8, 4) is 5.75 Å². The van der Waals surface area contributed by atoms with Gasteiger partial charge in [-0.25, -0.2) is 0 Å². The molecule has 0 saturated carbocycles. The number of ether oxygens (including phenoxy) is 1. The zero-order valence-corrected chi connectivity index (χ0v) is 10.1. The van der Waals surface area contributed by atoms with Gasteiger partial charge in [-0.15, -0.1) is 0 Å². The third kappa shape index (κ3) is 3.79. The molecule has 0 aromatic heterocycles. The number of aliphatic hydroxyl groups is 1. The lowest BCUT2D eigenvalue weighted by molar-refractivity contribution is 0.216. The van der Waals surface area contributed by atoms with Crippen molar-refractivity contribution in [1.82, 2.24) is 0 Å². The van der Waals surface area contributed by atoms with Gasteiger partial charge in [-0.1, -0.05) is 36.4 Å². The summed E-state index contributed by atoms with van der Waals surface area (Å²) in [5.41, 5.74) is 0.980. The van der Waals surface area contributed by atoms with Gasteiger partial charge >= 0.3 is 0 Å². The average Bonchev–Trinajstić information content (AvgIpc) is 2.45. The molecule has 2 aromatic rings. The van der Waals surface area contributed by atoms with Crippen molar-refractivity contribution in [3.05, 3.63) is 60.7 Å². The highest BCUT2D eigenvalue weighted by Crippen LogP contribution is 2.11. The van der Waals surface area contributed by atoms with Gasteiger partial charge in [0.2, 0.25) is 0 Å². The zero-order chi connectivity index (χ0) is 12.6. The molecule has 2 N–H and O–H groups in total. The summed E-state index contributed by atoms with van der Waals surface area (Å²) in [6.07, 6.45) is 0. The van der Waals surface area contributed by atoms with E-state index in [-0.39, 0.29) is 12.6 Å². The minimum atomic E-state index is -0.118. The predicted molar refractivity (Wildman–Crippen MR) is 72.9 cm³/mol. The van der Waals surface area contributed by atoms with Crippen molar-refractivity contribution in [3.63, 3.8) is 0 Å². The van der Waals surface area contributed by atoms with Crippen molar-refractivity contribution in [1.29, 1.82) is 0 Å². The summed E-state index contributed by atoms with van der Waals surface area (Å²) in [7, 11) is 0. The van der Waals surface area contributed by atoms with Gasteiger partial charge < -0.3 is 15.2 Å². The third-order valence-corrected chi connectivity index (χ3v) is 2.56. The maximum atomic E-state index is 9.32. The highest BCUT2D eigenvalue weighted by molar-refractivity contribution is 5.43. The Balaban J connectivity index is 1.86. The summed E-state index contributed by atoms with van der Waals surface area (Å²) in [5, 5.41) is 12.5. The van der Waals surface area contributed by atoms with E-state index in [2.05, 4.69) is 5.32 Å². The third-order valence-electron chi connectivity index (χ3n) is 2.56. The highest BCUT2D eigenvalue weighted by atomic mass is 16.5. The summed E-state index contributed by atoms with van der Waals surface area (Å²) >= 11 is 0. The number of anilines is 1. The molecule has 3 heteroatoms. The van der Waals surface area contributed by atoms with Gasteiger partial charge in [-0.05, 0) is 24.3 Å². The van der Waals surface area contributed by atoms with Crippen LogP contribution in [0.25, 0.3) is 0 Å². The molecule has 0 fully saturated rings. The van der Waals surface area contributed by atoms with E-state index in [1.54, 1.807) is 0 Å². The molecular formula is C15H17NO2. The Morgan fingerprint density at radius 2 is 1.56 bits per heavy atom. The molecule has 0 radical (unpaired) electrons. The molecule has 18 heavy (non-hydrogen) atoms. The first-order valence-corrected chi connectivity index (χ1v) is 5.99. The van der Waals surface area contributed by atoms with E-state index in [9.17, 15) is 5.11 Å². The van der Waals surface area contributed by atoms with Crippen molar-refractivity contribution >= 4 is 5.69 Å². The molecule has 2 rings (SSSR count). The van der Waals surface area contributed by atoms with E-state index in [1.165, 1.54) is 0 Å². The van der Waals surface area contributed by atoms with Crippen molar-refractivity contribution in [2.45, 2.75) is 6.04 Å². The molecular weight excluding hydrogens is 226 g/mol. The van der Waals surface area contributed by atoms with Crippen LogP contribution in [0.3, 0.4) is 0 Å². The van der Waals surface area contributed by atoms with E-state index in [4.69, 9.17) is 4.74 Å². The van der Waals surface area contributed by atoms with Gasteiger partial charge in [-0.2, -0.15) is 0 Å². The normalized spacial score (nSPS) is 11.8. The van der Waals surface area contributed by atoms with Gasteiger partial charge in [0.05, 0.1) is 12.6 Å². The molecule has 3 nitrogen and oxygen atoms in total. The monoisotopic (exact) mass is 243 g/mol. The van der Waals surface area contributed by atoms with E-state index in [1.807, 2.05) is 60.7 Å². The SMILES string of the molecule is OC[C@H](COc1ccccc1)Nc1ccccc1. The second kappa shape index (κ2) is 6.67. The first-order chi connectivity index (χ1) is 8.88. The quantitative estimate of drug-likeness (QED) is 0.819. The van der Waals surface area contributed by atoms with Crippen LogP contribution in [-0.4, -0.2) is 24.4 Å². The van der Waals surface area contributed by atoms with Gasteiger partial charge in [0, 0.05) is 5.69 Å². The topological polar surface area (TPSA) is 41.5 Å². The van der Waals surface area contributed by atoms with Crippen molar-refractivity contribution in [2.75, 3.05) is 18.5 Å². The van der Waals surface area contributed by atoms with Crippen LogP contribution < -0.4 is 10.1 Å². The number of rotatable bonds is 6. The lowest BCUT2D eigenvalue weighted by Gasteiger charge is -2.18. The Bertz CT molecular complexity index is 445. The largest absolute Gasteiger partial charge is 0.491 e. The molecule has 0 aliphatic heterocycles. The molecule has 0 saturated heterocycles. The molecule has 0 aliphatic rings. The second-order valence-corrected chi connectivity index (χ2v) is 4.01. The first kappa shape index (κ1) is 12.5. The second-order valence-electron chi connectivity index (χ2n) is 4.01. The van der Waals surface area contributed by atoms with Crippen molar-refractivity contribution < 1.29 is 9.84 Å². The number of aliphatic hydroxyl groups excluding tert-OH is 1. The molecule has 0 aliphatic carbocycles. The van der Waals surface area contributed by atoms with Crippen LogP contribution in [0, 0.1) is 0 Å². The predicted octanol–water partition coefficient (Wildman–Crippen LogP) is 2.54. The molecule has 0 bridgehead atoms. The number of hydrogen-bond donors (Lipinski definition) is 2. The lowest BCUT2D eigenvalue weighted by atomic mass is 10.2. The molecule has 0 amide bonds. The minimum absolute atomic E-state index is 0.0295. The summed E-state index contributed by atoms with van der Waals surface area (Å²) in [4.78, 5) is 0. The summed E-state index contributed by atoms with van der Waals surface area (Å²) < 4.78 is 5.61. The van der Waals surface area contributed by atoms with Crippen LogP contribution >= 0.6 is 0 Å². The van der Waals surface area contributed by atoms with Crippen LogP contribution in [0.1, 0.15) is 0 Å². The Kier molecular flexibility index (Phi) is 4.61. The van der Waals surface area contributed by atoms with Crippen LogP contribution in [0.5, 0.6) is 5.75 Å². The van der Waals surface area contributed by atoms with Gasteiger partial charge in [-0.3, -0.25) is 0 Å². The Hall–Kier alpha value is -2.00. The summed E-state index contributed by atoms with van der Waals surface area (Å²) in [5.74, 6) is 0.811. The van der Waals surface area contributed by atoms with Gasteiger partial charge in [0.15, 0.2) is 0 Å². The number of hydrogen-bond acceptors (Lipinski definition) is 3. The van der Waals surface area contributed by atoms with Gasteiger partial charge in [0.1, 0.15) is 12.4 Å². The highest BCUT2D eigenvalue weighted by Gasteiger charge is 2.07. The fourth-order valence-electron chi connectivity index (χ4n) is 1.62. The maximum absolute atomic E-state index is 9.32. The van der Waals surface area contributed by atoms with E-state index in [0.717, 1.165) is 11.4 Å². The number of para-hydroxylation sites is 2. The van der Waals surface area contributed by atoms with E-state index >= 15 is 0 Å². The molecule has 94 valence electrons. The summed E-state index contributed by atoms with van der Waals surface area (Å²) in [6, 6.07) is 19.3.